The van der Waals surface area contributed by atoms with Crippen LogP contribution in [0.3, 0.4) is 0 Å². The first-order chi connectivity index (χ1) is 10.9. The van der Waals surface area contributed by atoms with Gasteiger partial charge in [-0.3, -0.25) is 0 Å². The molecule has 0 saturated heterocycles. The minimum atomic E-state index is -3.71. The third kappa shape index (κ3) is 3.42. The lowest BCUT2D eigenvalue weighted by atomic mass is 10.1. The monoisotopic (exact) mass is 330 g/mol. The Labute approximate surface area is 133 Å². The van der Waals surface area contributed by atoms with E-state index in [4.69, 9.17) is 4.52 Å². The van der Waals surface area contributed by atoms with E-state index in [1.165, 1.54) is 12.4 Å². The van der Waals surface area contributed by atoms with Gasteiger partial charge in [-0.1, -0.05) is 22.9 Å². The first-order valence-electron chi connectivity index (χ1n) is 6.85. The highest BCUT2D eigenvalue weighted by Crippen LogP contribution is 2.19. The summed E-state index contributed by atoms with van der Waals surface area (Å²) in [6, 6.07) is 7.50. The van der Waals surface area contributed by atoms with Gasteiger partial charge in [0.2, 0.25) is 15.0 Å². The third-order valence-corrected chi connectivity index (χ3v) is 4.53. The Hall–Kier alpha value is -2.61. The zero-order valence-corrected chi connectivity index (χ0v) is 13.4. The Morgan fingerprint density at radius 1 is 1.00 bits per heavy atom. The number of rotatable bonds is 4. The summed E-state index contributed by atoms with van der Waals surface area (Å²) in [6.07, 6.45) is 2.90. The second-order valence-corrected chi connectivity index (χ2v) is 7.07. The molecule has 0 amide bonds. The highest BCUT2D eigenvalue weighted by atomic mass is 32.2. The maximum absolute atomic E-state index is 12.3. The second-order valence-electron chi connectivity index (χ2n) is 5.18. The molecule has 0 aliphatic heterocycles. The molecule has 0 atom stereocenters. The second kappa shape index (κ2) is 5.88. The summed E-state index contributed by atoms with van der Waals surface area (Å²) in [4.78, 5) is 11.8. The zero-order valence-electron chi connectivity index (χ0n) is 12.6. The molecule has 2 heterocycles. The molecule has 0 fully saturated rings. The third-order valence-electron chi connectivity index (χ3n) is 3.12. The molecule has 0 radical (unpaired) electrons. The van der Waals surface area contributed by atoms with E-state index in [0.29, 0.717) is 0 Å². The molecule has 1 aromatic carbocycles. The SMILES string of the molecule is Cc1ccc(-c2nc(CS(=O)(=O)c3ncc(C)cn3)no2)cc1. The summed E-state index contributed by atoms with van der Waals surface area (Å²) in [5.41, 5.74) is 2.62. The van der Waals surface area contributed by atoms with E-state index in [-0.39, 0.29) is 16.9 Å². The molecule has 0 aliphatic rings. The number of nitrogens with zero attached hydrogens (tertiary/aromatic N) is 4. The number of benzene rings is 1. The maximum atomic E-state index is 12.3. The topological polar surface area (TPSA) is 98.8 Å². The fourth-order valence-electron chi connectivity index (χ4n) is 1.90. The number of hydrogen-bond donors (Lipinski definition) is 0. The van der Waals surface area contributed by atoms with Gasteiger partial charge in [0.25, 0.3) is 5.89 Å². The van der Waals surface area contributed by atoms with Crippen molar-refractivity contribution < 1.29 is 12.9 Å². The van der Waals surface area contributed by atoms with E-state index < -0.39 is 15.6 Å². The fraction of sp³-hybridized carbons (Fsp3) is 0.200. The number of aromatic nitrogens is 4. The van der Waals surface area contributed by atoms with Crippen molar-refractivity contribution in [2.24, 2.45) is 0 Å². The van der Waals surface area contributed by atoms with Crippen molar-refractivity contribution in [1.82, 2.24) is 20.1 Å². The Morgan fingerprint density at radius 2 is 1.65 bits per heavy atom. The van der Waals surface area contributed by atoms with Crippen LogP contribution in [0.4, 0.5) is 0 Å². The van der Waals surface area contributed by atoms with E-state index in [1.54, 1.807) is 6.92 Å². The number of sulfone groups is 1. The Balaban J connectivity index is 1.83. The van der Waals surface area contributed by atoms with Crippen molar-refractivity contribution in [2.75, 3.05) is 0 Å². The van der Waals surface area contributed by atoms with Crippen LogP contribution < -0.4 is 0 Å². The maximum Gasteiger partial charge on any atom is 0.257 e. The van der Waals surface area contributed by atoms with E-state index in [9.17, 15) is 8.42 Å². The summed E-state index contributed by atoms with van der Waals surface area (Å²) in [5, 5.41) is 3.48. The quantitative estimate of drug-likeness (QED) is 0.675. The van der Waals surface area contributed by atoms with Crippen LogP contribution in [0.25, 0.3) is 11.5 Å². The molecule has 0 aliphatic carbocycles. The van der Waals surface area contributed by atoms with Crippen molar-refractivity contribution in [3.05, 3.63) is 53.6 Å². The molecule has 23 heavy (non-hydrogen) atoms. The molecular weight excluding hydrogens is 316 g/mol. The smallest absolute Gasteiger partial charge is 0.257 e. The van der Waals surface area contributed by atoms with Crippen LogP contribution in [0.5, 0.6) is 0 Å². The number of hydrogen-bond acceptors (Lipinski definition) is 7. The minimum absolute atomic E-state index is 0.0738. The summed E-state index contributed by atoms with van der Waals surface area (Å²) in [5.74, 6) is -0.0596. The average molecular weight is 330 g/mol. The van der Waals surface area contributed by atoms with E-state index >= 15 is 0 Å². The van der Waals surface area contributed by atoms with Gasteiger partial charge in [-0.15, -0.1) is 0 Å². The molecule has 7 nitrogen and oxygen atoms in total. The summed E-state index contributed by atoms with van der Waals surface area (Å²) in [6.45, 7) is 3.75. The predicted octanol–water partition coefficient (Wildman–Crippen LogP) is 2.12. The van der Waals surface area contributed by atoms with Crippen molar-refractivity contribution in [3.8, 4) is 11.5 Å². The van der Waals surface area contributed by atoms with Gasteiger partial charge >= 0.3 is 0 Å². The Bertz CT molecular complexity index is 916. The van der Waals surface area contributed by atoms with Gasteiger partial charge in [0.15, 0.2) is 5.82 Å². The summed E-state index contributed by atoms with van der Waals surface area (Å²) >= 11 is 0. The van der Waals surface area contributed by atoms with Crippen LogP contribution >= 0.6 is 0 Å². The van der Waals surface area contributed by atoms with Crippen LogP contribution in [0.1, 0.15) is 17.0 Å². The molecule has 0 bridgehead atoms. The highest BCUT2D eigenvalue weighted by Gasteiger charge is 2.22. The largest absolute Gasteiger partial charge is 0.334 e. The van der Waals surface area contributed by atoms with Crippen molar-refractivity contribution >= 4 is 9.84 Å². The van der Waals surface area contributed by atoms with Gasteiger partial charge < -0.3 is 4.52 Å². The standard InChI is InChI=1S/C15H14N4O3S/c1-10-3-5-12(6-4-10)14-18-13(19-22-14)9-23(20,21)15-16-7-11(2)8-17-15/h3-8H,9H2,1-2H3. The lowest BCUT2D eigenvalue weighted by Gasteiger charge is -1.99. The summed E-state index contributed by atoms with van der Waals surface area (Å²) < 4.78 is 29.6. The normalized spacial score (nSPS) is 11.6. The zero-order chi connectivity index (χ0) is 16.4. The van der Waals surface area contributed by atoms with E-state index in [2.05, 4.69) is 20.1 Å². The average Bonchev–Trinajstić information content (AvgIpc) is 2.96. The van der Waals surface area contributed by atoms with Gasteiger partial charge in [-0.2, -0.15) is 4.98 Å². The molecule has 3 aromatic rings. The van der Waals surface area contributed by atoms with Crippen molar-refractivity contribution in [3.63, 3.8) is 0 Å². The van der Waals surface area contributed by atoms with Crippen LogP contribution in [0.2, 0.25) is 0 Å². The molecule has 0 unspecified atom stereocenters. The summed E-state index contributed by atoms with van der Waals surface area (Å²) in [7, 11) is -3.71. The van der Waals surface area contributed by atoms with Gasteiger partial charge in [-0.25, -0.2) is 18.4 Å². The molecule has 0 saturated carbocycles. The van der Waals surface area contributed by atoms with Gasteiger partial charge in [0.1, 0.15) is 5.75 Å². The number of aryl methyl sites for hydroxylation is 2. The fourth-order valence-corrected chi connectivity index (χ4v) is 2.91. The lowest BCUT2D eigenvalue weighted by molar-refractivity contribution is 0.424. The lowest BCUT2D eigenvalue weighted by Crippen LogP contribution is -2.10. The van der Waals surface area contributed by atoms with Crippen LogP contribution in [-0.2, 0) is 15.6 Å². The molecule has 2 aromatic heterocycles. The van der Waals surface area contributed by atoms with E-state index in [0.717, 1.165) is 16.7 Å². The Kier molecular flexibility index (Phi) is 3.91. The predicted molar refractivity (Wildman–Crippen MR) is 82.1 cm³/mol. The van der Waals surface area contributed by atoms with E-state index in [1.807, 2.05) is 31.2 Å². The van der Waals surface area contributed by atoms with Crippen LogP contribution in [0.15, 0.2) is 46.3 Å². The molecule has 8 heteroatoms. The first kappa shape index (κ1) is 15.3. The van der Waals surface area contributed by atoms with Gasteiger partial charge in [0, 0.05) is 18.0 Å². The first-order valence-corrected chi connectivity index (χ1v) is 8.50. The Morgan fingerprint density at radius 3 is 2.30 bits per heavy atom. The van der Waals surface area contributed by atoms with Crippen LogP contribution in [-0.4, -0.2) is 28.5 Å². The highest BCUT2D eigenvalue weighted by molar-refractivity contribution is 7.90. The van der Waals surface area contributed by atoms with Gasteiger partial charge in [-0.05, 0) is 31.5 Å². The molecule has 3 rings (SSSR count). The molecular formula is C15H14N4O3S. The van der Waals surface area contributed by atoms with Crippen molar-refractivity contribution in [2.45, 2.75) is 24.8 Å². The van der Waals surface area contributed by atoms with Crippen LogP contribution in [0, 0.1) is 13.8 Å². The molecule has 0 spiro atoms. The minimum Gasteiger partial charge on any atom is -0.334 e. The van der Waals surface area contributed by atoms with Crippen molar-refractivity contribution in [1.29, 1.82) is 0 Å². The molecule has 118 valence electrons. The van der Waals surface area contributed by atoms with Gasteiger partial charge in [0.05, 0.1) is 0 Å². The molecule has 0 N–H and O–H groups in total.